The zero-order chi connectivity index (χ0) is 12.5. The van der Waals surface area contributed by atoms with Crippen molar-refractivity contribution in [2.75, 3.05) is 5.32 Å². The molecule has 0 aromatic heterocycles. The van der Waals surface area contributed by atoms with Crippen LogP contribution in [0.25, 0.3) is 0 Å². The fraction of sp³-hybridized carbons (Fsp3) is 0.400. The summed E-state index contributed by atoms with van der Waals surface area (Å²) in [5.41, 5.74) is -0.761. The van der Waals surface area contributed by atoms with Crippen molar-refractivity contribution in [2.45, 2.75) is 26.3 Å². The van der Waals surface area contributed by atoms with Crippen LogP contribution in [0.3, 0.4) is 0 Å². The Balaban J connectivity index is 3.35. The van der Waals surface area contributed by atoms with Crippen LogP contribution in [0.4, 0.5) is 15.8 Å². The number of benzene rings is 1. The molecule has 0 aliphatic rings. The number of nitro groups is 1. The zero-order valence-electron chi connectivity index (χ0n) is 9.17. The van der Waals surface area contributed by atoms with Gasteiger partial charge >= 0.3 is 5.69 Å². The Kier molecular flexibility index (Phi) is 3.52. The third-order valence-electron chi connectivity index (χ3n) is 1.76. The van der Waals surface area contributed by atoms with Crippen molar-refractivity contribution in [1.29, 1.82) is 0 Å². The molecule has 1 rings (SSSR count). The molecule has 0 saturated carbocycles. The maximum Gasteiger partial charge on any atom is 0.328 e. The topological polar surface area (TPSA) is 55.2 Å². The maximum atomic E-state index is 13.4. The Labute approximate surface area is 101 Å². The molecule has 4 nitrogen and oxygen atoms in total. The van der Waals surface area contributed by atoms with E-state index < -0.39 is 16.4 Å². The molecule has 88 valence electrons. The lowest BCUT2D eigenvalue weighted by Gasteiger charge is -2.22. The van der Waals surface area contributed by atoms with Gasteiger partial charge in [-0.3, -0.25) is 10.1 Å². The van der Waals surface area contributed by atoms with Gasteiger partial charge in [-0.2, -0.15) is 4.39 Å². The van der Waals surface area contributed by atoms with Crippen molar-refractivity contribution in [3.8, 4) is 0 Å². The van der Waals surface area contributed by atoms with Crippen molar-refractivity contribution in [3.05, 3.63) is 32.5 Å². The molecule has 0 fully saturated rings. The van der Waals surface area contributed by atoms with Crippen LogP contribution in [0.15, 0.2) is 16.6 Å². The van der Waals surface area contributed by atoms with Crippen LogP contribution in [0.5, 0.6) is 0 Å². The maximum absolute atomic E-state index is 13.4. The molecule has 0 radical (unpaired) electrons. The summed E-state index contributed by atoms with van der Waals surface area (Å²) in [6.07, 6.45) is 0. The number of halogens is 2. The van der Waals surface area contributed by atoms with E-state index in [1.807, 2.05) is 20.8 Å². The average molecular weight is 291 g/mol. The highest BCUT2D eigenvalue weighted by Crippen LogP contribution is 2.36. The first-order valence-electron chi connectivity index (χ1n) is 4.63. The molecule has 0 bridgehead atoms. The predicted octanol–water partition coefficient (Wildman–Crippen LogP) is 3.71. The number of hydrogen-bond donors (Lipinski definition) is 1. The van der Waals surface area contributed by atoms with Gasteiger partial charge < -0.3 is 5.32 Å². The van der Waals surface area contributed by atoms with Crippen LogP contribution in [0.1, 0.15) is 20.8 Å². The quantitative estimate of drug-likeness (QED) is 0.667. The van der Waals surface area contributed by atoms with E-state index >= 15 is 0 Å². The third kappa shape index (κ3) is 2.91. The van der Waals surface area contributed by atoms with Gasteiger partial charge in [0.05, 0.1) is 4.92 Å². The highest BCUT2D eigenvalue weighted by atomic mass is 79.9. The molecule has 16 heavy (non-hydrogen) atoms. The molecular formula is C10H12BrFN2O2. The van der Waals surface area contributed by atoms with E-state index in [1.165, 1.54) is 6.07 Å². The normalized spacial score (nSPS) is 11.3. The van der Waals surface area contributed by atoms with Crippen molar-refractivity contribution < 1.29 is 9.31 Å². The largest absolute Gasteiger partial charge is 0.374 e. The van der Waals surface area contributed by atoms with Crippen molar-refractivity contribution in [2.24, 2.45) is 0 Å². The highest BCUT2D eigenvalue weighted by molar-refractivity contribution is 9.10. The van der Waals surface area contributed by atoms with Crippen LogP contribution in [0, 0.1) is 15.9 Å². The van der Waals surface area contributed by atoms with Gasteiger partial charge in [0, 0.05) is 10.0 Å². The minimum atomic E-state index is -0.847. The minimum Gasteiger partial charge on any atom is -0.374 e. The molecule has 0 saturated heterocycles. The van der Waals surface area contributed by atoms with Crippen LogP contribution >= 0.6 is 15.9 Å². The van der Waals surface area contributed by atoms with Gasteiger partial charge in [0.25, 0.3) is 0 Å². The van der Waals surface area contributed by atoms with Gasteiger partial charge in [0.15, 0.2) is 0 Å². The van der Waals surface area contributed by atoms with Gasteiger partial charge in [0.2, 0.25) is 5.82 Å². The Morgan fingerprint density at radius 1 is 1.44 bits per heavy atom. The lowest BCUT2D eigenvalue weighted by molar-refractivity contribution is -0.386. The van der Waals surface area contributed by atoms with Gasteiger partial charge in [-0.25, -0.2) is 0 Å². The van der Waals surface area contributed by atoms with E-state index in [0.717, 1.165) is 6.07 Å². The Hall–Kier alpha value is -1.17. The molecule has 1 aromatic carbocycles. The van der Waals surface area contributed by atoms with Crippen LogP contribution < -0.4 is 5.32 Å². The van der Waals surface area contributed by atoms with Crippen LogP contribution in [-0.4, -0.2) is 10.5 Å². The van der Waals surface area contributed by atoms with Crippen LogP contribution in [-0.2, 0) is 0 Å². The molecular weight excluding hydrogens is 279 g/mol. The molecule has 0 aliphatic carbocycles. The lowest BCUT2D eigenvalue weighted by atomic mass is 10.1. The van der Waals surface area contributed by atoms with Crippen LogP contribution in [0.2, 0.25) is 0 Å². The van der Waals surface area contributed by atoms with E-state index in [9.17, 15) is 14.5 Å². The second kappa shape index (κ2) is 4.37. The third-order valence-corrected chi connectivity index (χ3v) is 2.42. The van der Waals surface area contributed by atoms with Gasteiger partial charge in [-0.05, 0) is 48.8 Å². The molecule has 0 spiro atoms. The fourth-order valence-corrected chi connectivity index (χ4v) is 1.63. The second-order valence-corrected chi connectivity index (χ2v) is 5.24. The van der Waals surface area contributed by atoms with E-state index in [4.69, 9.17) is 0 Å². The predicted molar refractivity (Wildman–Crippen MR) is 64.1 cm³/mol. The van der Waals surface area contributed by atoms with Gasteiger partial charge in [-0.1, -0.05) is 0 Å². The first-order valence-corrected chi connectivity index (χ1v) is 5.42. The summed E-state index contributed by atoms with van der Waals surface area (Å²) in [7, 11) is 0. The van der Waals surface area contributed by atoms with Gasteiger partial charge in [0.1, 0.15) is 5.69 Å². The number of rotatable bonds is 2. The number of nitrogens with one attached hydrogen (secondary N) is 1. The molecule has 0 heterocycles. The Morgan fingerprint density at radius 3 is 2.44 bits per heavy atom. The molecule has 0 atom stereocenters. The lowest BCUT2D eigenvalue weighted by Crippen LogP contribution is -2.27. The average Bonchev–Trinajstić information content (AvgIpc) is 2.08. The number of anilines is 1. The smallest absolute Gasteiger partial charge is 0.328 e. The monoisotopic (exact) mass is 290 g/mol. The van der Waals surface area contributed by atoms with E-state index in [-0.39, 0.29) is 11.2 Å². The van der Waals surface area contributed by atoms with Crippen molar-refractivity contribution in [3.63, 3.8) is 0 Å². The van der Waals surface area contributed by atoms with Crippen molar-refractivity contribution >= 4 is 27.3 Å². The summed E-state index contributed by atoms with van der Waals surface area (Å²) in [5, 5.41) is 13.7. The summed E-state index contributed by atoms with van der Waals surface area (Å²) in [6, 6.07) is 2.51. The first kappa shape index (κ1) is 12.9. The summed E-state index contributed by atoms with van der Waals surface area (Å²) in [4.78, 5) is 10.1. The van der Waals surface area contributed by atoms with Crippen molar-refractivity contribution in [1.82, 2.24) is 0 Å². The Morgan fingerprint density at radius 2 is 2.00 bits per heavy atom. The van der Waals surface area contributed by atoms with E-state index in [2.05, 4.69) is 21.2 Å². The number of nitrogens with zero attached hydrogens (tertiary/aromatic N) is 1. The fourth-order valence-electron chi connectivity index (χ4n) is 1.21. The molecule has 6 heteroatoms. The van der Waals surface area contributed by atoms with E-state index in [1.54, 1.807) is 0 Å². The number of hydrogen-bond acceptors (Lipinski definition) is 3. The molecule has 0 unspecified atom stereocenters. The highest BCUT2D eigenvalue weighted by Gasteiger charge is 2.25. The van der Waals surface area contributed by atoms with Gasteiger partial charge in [-0.15, -0.1) is 0 Å². The first-order chi connectivity index (χ1) is 7.22. The zero-order valence-corrected chi connectivity index (χ0v) is 10.8. The summed E-state index contributed by atoms with van der Waals surface area (Å²) in [5.74, 6) is -0.847. The Bertz CT molecular complexity index is 430. The molecule has 0 amide bonds. The molecule has 1 aromatic rings. The summed E-state index contributed by atoms with van der Waals surface area (Å²) < 4.78 is 13.8. The SMILES string of the molecule is CC(C)(C)Nc1c(Br)ccc(F)c1[N+](=O)[O-]. The molecule has 1 N–H and O–H groups in total. The van der Waals surface area contributed by atoms with E-state index in [0.29, 0.717) is 4.47 Å². The number of nitro benzene ring substituents is 1. The minimum absolute atomic E-state index is 0.164. The second-order valence-electron chi connectivity index (χ2n) is 4.38. The summed E-state index contributed by atoms with van der Waals surface area (Å²) in [6.45, 7) is 5.52. The summed E-state index contributed by atoms with van der Waals surface area (Å²) >= 11 is 3.17. The molecule has 0 aliphatic heterocycles. The standard InChI is InChI=1S/C10H12BrFN2O2/c1-10(2,3)13-8-6(11)4-5-7(12)9(8)14(15)16/h4-5,13H,1-3H3.